The van der Waals surface area contributed by atoms with E-state index in [-0.39, 0.29) is 24.3 Å². The number of benzene rings is 3. The molecule has 5 rings (SSSR count). The molecule has 1 N–H and O–H groups in total. The van der Waals surface area contributed by atoms with E-state index in [1.807, 2.05) is 13.8 Å². The largest absolute Gasteiger partial charge is 0.512 e. The summed E-state index contributed by atoms with van der Waals surface area (Å²) in [5, 5.41) is 24.6. The lowest BCUT2D eigenvalue weighted by atomic mass is 9.81. The number of carbonyl (C=O) groups excluding carboxylic acids is 2. The normalized spacial score (nSPS) is 12.4. The maximum atomic E-state index is 15.6. The van der Waals surface area contributed by atoms with E-state index in [4.69, 9.17) is 24.5 Å². The summed E-state index contributed by atoms with van der Waals surface area (Å²) in [6, 6.07) is 17.6. The van der Waals surface area contributed by atoms with Crippen LogP contribution >= 0.6 is 11.3 Å². The van der Waals surface area contributed by atoms with E-state index in [0.29, 0.717) is 27.9 Å². The lowest BCUT2D eigenvalue weighted by Crippen LogP contribution is -2.43. The average Bonchev–Trinajstić information content (AvgIpc) is 3.81. The van der Waals surface area contributed by atoms with Crippen LogP contribution in [0.1, 0.15) is 58.7 Å². The van der Waals surface area contributed by atoms with Gasteiger partial charge in [-0.05, 0) is 42.0 Å². The van der Waals surface area contributed by atoms with Crippen LogP contribution in [0.5, 0.6) is 0 Å². The first-order chi connectivity index (χ1) is 23.2. The Hall–Kier alpha value is -5.52. The van der Waals surface area contributed by atoms with E-state index in [0.717, 1.165) is 17.7 Å². The Labute approximate surface area is 279 Å². The number of aliphatic hydroxyl groups excluding tert-OH is 1. The van der Waals surface area contributed by atoms with Gasteiger partial charge in [0.2, 0.25) is 6.79 Å². The molecule has 248 valence electrons. The van der Waals surface area contributed by atoms with Gasteiger partial charge >= 0.3 is 12.1 Å². The van der Waals surface area contributed by atoms with E-state index in [2.05, 4.69) is 16.2 Å². The molecule has 0 bridgehead atoms. The van der Waals surface area contributed by atoms with Crippen LogP contribution in [0.25, 0.3) is 11.3 Å². The quantitative estimate of drug-likeness (QED) is 0.118. The Morgan fingerprint density at radius 1 is 1.06 bits per heavy atom. The van der Waals surface area contributed by atoms with Gasteiger partial charge in [-0.2, -0.15) is 10.4 Å². The molecule has 0 spiro atoms. The van der Waals surface area contributed by atoms with Crippen LogP contribution in [-0.4, -0.2) is 43.8 Å². The predicted molar refractivity (Wildman–Crippen MR) is 170 cm³/mol. The lowest BCUT2D eigenvalue weighted by Gasteiger charge is -2.37. The number of hydrogen-bond acceptors (Lipinski definition) is 11. The molecule has 0 aliphatic carbocycles. The second-order valence-corrected chi connectivity index (χ2v) is 10.9. The molecule has 0 saturated heterocycles. The minimum atomic E-state index is -1.92. The fourth-order valence-corrected chi connectivity index (χ4v) is 5.66. The molecule has 1 unspecified atom stereocenters. The maximum Gasteiger partial charge on any atom is 0.512 e. The Kier molecular flexibility index (Phi) is 12.0. The van der Waals surface area contributed by atoms with Gasteiger partial charge in [0, 0.05) is 22.6 Å². The first kappa shape index (κ1) is 35.3. The smallest absolute Gasteiger partial charge is 0.424 e. The van der Waals surface area contributed by atoms with E-state index in [9.17, 15) is 19.1 Å². The zero-order valence-electron chi connectivity index (χ0n) is 26.2. The Morgan fingerprint density at radius 2 is 1.79 bits per heavy atom. The molecule has 2 aromatic heterocycles. The van der Waals surface area contributed by atoms with Gasteiger partial charge in [-0.25, -0.2) is 33.0 Å². The molecule has 0 aliphatic rings. The maximum absolute atomic E-state index is 15.6. The van der Waals surface area contributed by atoms with Crippen molar-refractivity contribution in [2.45, 2.75) is 45.4 Å². The molecule has 0 saturated carbocycles. The predicted octanol–water partition coefficient (Wildman–Crippen LogP) is 6.74. The molecule has 0 aliphatic heterocycles. The van der Waals surface area contributed by atoms with Gasteiger partial charge in [-0.3, -0.25) is 0 Å². The molecule has 2 heterocycles. The van der Waals surface area contributed by atoms with Crippen molar-refractivity contribution in [3.8, 4) is 17.3 Å². The van der Waals surface area contributed by atoms with Crippen molar-refractivity contribution in [2.24, 2.45) is 0 Å². The highest BCUT2D eigenvalue weighted by Crippen LogP contribution is 2.45. The van der Waals surface area contributed by atoms with Crippen molar-refractivity contribution in [1.29, 1.82) is 5.26 Å². The molecule has 2 atom stereocenters. The number of aliphatic hydroxyl groups is 1. The van der Waals surface area contributed by atoms with Crippen molar-refractivity contribution in [2.75, 3.05) is 6.79 Å². The summed E-state index contributed by atoms with van der Waals surface area (Å²) in [5.41, 5.74) is 0.383. The molecule has 0 fully saturated rings. The highest BCUT2D eigenvalue weighted by atomic mass is 32.1. The summed E-state index contributed by atoms with van der Waals surface area (Å²) in [6.07, 6.45) is 1.27. The summed E-state index contributed by atoms with van der Waals surface area (Å²) in [6.45, 7) is 4.34. The minimum Gasteiger partial charge on any atom is -0.424 e. The Balaban J connectivity index is 0.00000255. The second-order valence-electron chi connectivity index (χ2n) is 9.99. The third-order valence-corrected chi connectivity index (χ3v) is 8.18. The molecule has 5 aromatic rings. The van der Waals surface area contributed by atoms with Crippen LogP contribution < -0.4 is 0 Å². The molecule has 3 aromatic carbocycles. The van der Waals surface area contributed by atoms with Gasteiger partial charge in [-0.1, -0.05) is 45.0 Å². The van der Waals surface area contributed by atoms with Crippen molar-refractivity contribution in [3.05, 3.63) is 124 Å². The summed E-state index contributed by atoms with van der Waals surface area (Å²) >= 11 is 1.22. The number of thiazole rings is 1. The number of carbonyl (C=O) groups is 2. The zero-order chi connectivity index (χ0) is 34.7. The van der Waals surface area contributed by atoms with Crippen LogP contribution in [0, 0.1) is 23.0 Å². The van der Waals surface area contributed by atoms with Crippen LogP contribution in [0.15, 0.2) is 84.8 Å². The second kappa shape index (κ2) is 16.3. The fraction of sp³-hybridized carbons (Fsp3) is 0.235. The van der Waals surface area contributed by atoms with Crippen LogP contribution in [0.3, 0.4) is 0 Å². The summed E-state index contributed by atoms with van der Waals surface area (Å²) in [7, 11) is 0. The van der Waals surface area contributed by atoms with Gasteiger partial charge in [-0.15, -0.1) is 11.3 Å². The number of nitrogens with zero attached hydrogens (tertiary/aromatic N) is 5. The van der Waals surface area contributed by atoms with Crippen LogP contribution in [-0.2, 0) is 33.0 Å². The number of nitriles is 1. The number of esters is 1. The monoisotopic (exact) mass is 675 g/mol. The molecule has 14 heteroatoms. The third kappa shape index (κ3) is 8.24. The zero-order valence-corrected chi connectivity index (χ0v) is 27.0. The van der Waals surface area contributed by atoms with Crippen molar-refractivity contribution >= 4 is 23.5 Å². The van der Waals surface area contributed by atoms with E-state index < -0.39 is 42.1 Å². The fourth-order valence-electron chi connectivity index (χ4n) is 4.69. The van der Waals surface area contributed by atoms with Gasteiger partial charge in [0.1, 0.15) is 29.3 Å². The Morgan fingerprint density at radius 3 is 2.42 bits per heavy atom. The van der Waals surface area contributed by atoms with Gasteiger partial charge in [0.25, 0.3) is 0 Å². The topological polar surface area (TPSA) is 149 Å². The molecular formula is C34H31F2N5O6S. The highest BCUT2D eigenvalue weighted by molar-refractivity contribution is 7.10. The van der Waals surface area contributed by atoms with Gasteiger partial charge in [0.05, 0.1) is 42.0 Å². The first-order valence-corrected chi connectivity index (χ1v) is 15.6. The van der Waals surface area contributed by atoms with E-state index in [1.54, 1.807) is 36.6 Å². The van der Waals surface area contributed by atoms with Crippen molar-refractivity contribution in [3.63, 3.8) is 0 Å². The standard InChI is InChI=1S/C32H25F2N5O6S.C2H6/c1-20(29-38-28(15-46-29)23-6-2-21(13-35)3-7-23)32(16-39-18-36-17-37-39,26-11-10-25(33)12-27(26)34)45-31(42)44-19-43-30(41)24-8-4-22(14-40)5-9-24;1-2/h2-12,15,17-18,20,40H,14,16,19H2,1H3;1-2H3/t20?,32-;/m1./s1. The SMILES string of the molecule is CC.CC(c1nc(-c2ccc(C#N)cc2)cs1)[C@@](Cn1cncn1)(OC(=O)OCOC(=O)c1ccc(CO)cc1)c1ccc(F)cc1F. The number of rotatable bonds is 11. The van der Waals surface area contributed by atoms with Crippen molar-refractivity contribution in [1.82, 2.24) is 19.7 Å². The molecule has 48 heavy (non-hydrogen) atoms. The molecule has 0 amide bonds. The summed E-state index contributed by atoms with van der Waals surface area (Å²) < 4.78 is 47.0. The van der Waals surface area contributed by atoms with Gasteiger partial charge < -0.3 is 19.3 Å². The molecule has 0 radical (unpaired) electrons. The number of aromatic nitrogens is 4. The van der Waals surface area contributed by atoms with Crippen molar-refractivity contribution < 1.29 is 37.7 Å². The average molecular weight is 676 g/mol. The summed E-state index contributed by atoms with van der Waals surface area (Å²) in [5.74, 6) is -3.53. The minimum absolute atomic E-state index is 0.151. The number of ether oxygens (including phenoxy) is 3. The molecular weight excluding hydrogens is 644 g/mol. The van der Waals surface area contributed by atoms with E-state index >= 15 is 4.39 Å². The number of halogens is 2. The van der Waals surface area contributed by atoms with Gasteiger partial charge in [0.15, 0.2) is 5.60 Å². The van der Waals surface area contributed by atoms with E-state index in [1.165, 1.54) is 52.9 Å². The number of hydrogen-bond donors (Lipinski definition) is 1. The first-order valence-electron chi connectivity index (χ1n) is 14.7. The molecule has 11 nitrogen and oxygen atoms in total. The Bertz CT molecular complexity index is 1860. The van der Waals surface area contributed by atoms with Crippen LogP contribution in [0.4, 0.5) is 13.6 Å². The highest BCUT2D eigenvalue weighted by Gasteiger charge is 2.47. The van der Waals surface area contributed by atoms with Crippen LogP contribution in [0.2, 0.25) is 0 Å². The third-order valence-electron chi connectivity index (χ3n) is 7.16. The summed E-state index contributed by atoms with van der Waals surface area (Å²) in [4.78, 5) is 34.3. The lowest BCUT2D eigenvalue weighted by molar-refractivity contribution is -0.0881.